The van der Waals surface area contributed by atoms with E-state index in [1.807, 2.05) is 212 Å². The van der Waals surface area contributed by atoms with Gasteiger partial charge in [0.2, 0.25) is 5.60 Å². The number of rotatable bonds is 23. The normalized spacial score (nSPS) is 14.9. The number of nitrogens with one attached hydrogen (secondary N) is 2. The largest absolute Gasteiger partial charge is 0.504 e. The highest BCUT2D eigenvalue weighted by molar-refractivity contribution is 8.02. The summed E-state index contributed by atoms with van der Waals surface area (Å²) in [5, 5.41) is 42.8. The molecule has 21 heteroatoms. The molecule has 0 radical (unpaired) electrons. The maximum absolute atomic E-state index is 15.3. The Balaban J connectivity index is 0.884. The van der Waals surface area contributed by atoms with Gasteiger partial charge in [0.1, 0.15) is 28.3 Å². The molecular weight excluding hydrogens is 1250 g/mol. The molecule has 93 heavy (non-hydrogen) atoms. The van der Waals surface area contributed by atoms with Crippen LogP contribution in [-0.4, -0.2) is 94.1 Å². The Labute approximate surface area is 551 Å². The second kappa shape index (κ2) is 27.6. The van der Waals surface area contributed by atoms with Crippen molar-refractivity contribution in [2.75, 3.05) is 16.8 Å². The molecule has 2 atom stereocenters. The molecule has 0 aliphatic carbocycles. The lowest BCUT2D eigenvalue weighted by Crippen LogP contribution is -2.71. The summed E-state index contributed by atoms with van der Waals surface area (Å²) in [5.41, 5.74) is 2.64. The summed E-state index contributed by atoms with van der Waals surface area (Å²) < 4.78 is 13.0. The molecule has 12 rings (SSSR count). The van der Waals surface area contributed by atoms with E-state index < -0.39 is 70.2 Å². The summed E-state index contributed by atoms with van der Waals surface area (Å²) in [6, 6.07) is 69.2. The number of ether oxygens (including phenoxy) is 2. The molecule has 0 unspecified atom stereocenters. The molecule has 10 aromatic rings. The summed E-state index contributed by atoms with van der Waals surface area (Å²) in [7, 11) is 0. The van der Waals surface area contributed by atoms with Crippen LogP contribution in [0.2, 0.25) is 0 Å². The van der Waals surface area contributed by atoms with Crippen molar-refractivity contribution in [3.63, 3.8) is 0 Å². The van der Waals surface area contributed by atoms with E-state index in [2.05, 4.69) is 20.8 Å². The quantitative estimate of drug-likeness (QED) is 0.00761. The van der Waals surface area contributed by atoms with Gasteiger partial charge in [-0.15, -0.1) is 34.4 Å². The van der Waals surface area contributed by atoms with Gasteiger partial charge in [-0.05, 0) is 82.1 Å². The van der Waals surface area contributed by atoms with E-state index in [1.165, 1.54) is 60.0 Å². The second-order valence-corrected chi connectivity index (χ2v) is 26.2. The summed E-state index contributed by atoms with van der Waals surface area (Å²) in [4.78, 5) is 89.7. The van der Waals surface area contributed by atoms with E-state index in [0.29, 0.717) is 42.9 Å². The number of fused-ring (bicyclic) bond motifs is 1. The molecule has 4 heterocycles. The number of carbonyl (C=O) groups excluding carboxylic acids is 4. The zero-order valence-electron chi connectivity index (χ0n) is 49.8. The Morgan fingerprint density at radius 1 is 0.667 bits per heavy atom. The van der Waals surface area contributed by atoms with Crippen LogP contribution in [0.15, 0.2) is 257 Å². The fourth-order valence-corrected chi connectivity index (χ4v) is 15.2. The lowest BCUT2D eigenvalue weighted by Gasteiger charge is -2.49. The van der Waals surface area contributed by atoms with Gasteiger partial charge in [-0.2, -0.15) is 0 Å². The van der Waals surface area contributed by atoms with E-state index in [4.69, 9.17) is 19.3 Å². The molecule has 0 bridgehead atoms. The van der Waals surface area contributed by atoms with Crippen LogP contribution in [0, 0.1) is 0 Å². The van der Waals surface area contributed by atoms with E-state index in [-0.39, 0.29) is 44.9 Å². The number of oxime groups is 1. The number of hydrogen-bond acceptors (Lipinski definition) is 18. The van der Waals surface area contributed by atoms with E-state index in [9.17, 15) is 24.9 Å². The third-order valence-electron chi connectivity index (χ3n) is 15.5. The molecule has 2 aromatic heterocycles. The number of thioether (sulfide) groups is 2. The molecule has 8 aromatic carbocycles. The number of esters is 2. The smallest absolute Gasteiger partial charge is 0.356 e. The number of carbonyl (C=O) groups is 5. The molecule has 466 valence electrons. The number of phenols is 2. The van der Waals surface area contributed by atoms with Crippen LogP contribution in [-0.2, 0) is 39.0 Å². The van der Waals surface area contributed by atoms with Crippen molar-refractivity contribution in [2.45, 2.75) is 53.0 Å². The molecule has 0 saturated carbocycles. The van der Waals surface area contributed by atoms with Gasteiger partial charge in [0.25, 0.3) is 11.8 Å². The Morgan fingerprint density at radius 3 is 1.66 bits per heavy atom. The van der Waals surface area contributed by atoms with Gasteiger partial charge in [0, 0.05) is 16.9 Å². The standard InChI is InChI=1S/C72H58N6O11S4/c1-71(2,68(86)88-61(46-28-14-5-15-29-46)47-30-16-6-17-31-47)89-77-56(53-43-91-69(73-53)76-72(50-32-18-7-19-33-50,51-34-20-8-21-35-51)52-36-22-9-23-37-52)63(81)74-58-64(82)78-59(67(85)87-60(44-24-10-3-11-25-44)45-26-12-4-13-27-45)49(41-90-65(58)78)42-92-70-75-57(66(83)84)62(93-70)48-38-39-54(79)55(80)40-48/h3-40,43,58,60-61,65,79-80H,41-42H2,1-2H3,(H,73,76)(H,74,81)(H,83,84)/t58-,65-/m1/s1. The van der Waals surface area contributed by atoms with Crippen molar-refractivity contribution in [1.82, 2.24) is 20.2 Å². The highest BCUT2D eigenvalue weighted by Gasteiger charge is 2.55. The van der Waals surface area contributed by atoms with Crippen molar-refractivity contribution in [2.24, 2.45) is 5.16 Å². The van der Waals surface area contributed by atoms with Crippen LogP contribution in [0.3, 0.4) is 0 Å². The highest BCUT2D eigenvalue weighted by atomic mass is 32.2. The predicted molar refractivity (Wildman–Crippen MR) is 359 cm³/mol. The topological polar surface area (TPSA) is 239 Å². The molecule has 17 nitrogen and oxygen atoms in total. The van der Waals surface area contributed by atoms with Crippen molar-refractivity contribution in [3.8, 4) is 21.9 Å². The lowest BCUT2D eigenvalue weighted by molar-refractivity contribution is -0.172. The van der Waals surface area contributed by atoms with Crippen LogP contribution in [0.25, 0.3) is 10.4 Å². The first-order valence-electron chi connectivity index (χ1n) is 29.3. The average Bonchev–Trinajstić information content (AvgIpc) is 1.06. The minimum Gasteiger partial charge on any atom is -0.504 e. The number of anilines is 1. The van der Waals surface area contributed by atoms with Gasteiger partial charge in [0.05, 0.1) is 4.88 Å². The average molecular weight is 1310 g/mol. The van der Waals surface area contributed by atoms with E-state index in [0.717, 1.165) is 39.8 Å². The zero-order chi connectivity index (χ0) is 64.6. The van der Waals surface area contributed by atoms with Gasteiger partial charge in [-0.25, -0.2) is 24.4 Å². The van der Waals surface area contributed by atoms with Gasteiger partial charge < -0.3 is 40.3 Å². The Morgan fingerprint density at radius 2 is 1.16 bits per heavy atom. The van der Waals surface area contributed by atoms with Gasteiger partial charge in [0.15, 0.2) is 44.6 Å². The minimum absolute atomic E-state index is 0.0357. The number of hydrogen-bond donors (Lipinski definition) is 5. The number of aromatic hydroxyl groups is 2. The van der Waals surface area contributed by atoms with Gasteiger partial charge in [-0.1, -0.05) is 229 Å². The van der Waals surface area contributed by atoms with Crippen LogP contribution in [0.5, 0.6) is 11.5 Å². The molecule has 2 aliphatic rings. The van der Waals surface area contributed by atoms with Crippen molar-refractivity contribution >= 4 is 86.8 Å². The zero-order valence-corrected chi connectivity index (χ0v) is 53.0. The van der Waals surface area contributed by atoms with Crippen LogP contribution in [0.4, 0.5) is 5.13 Å². The summed E-state index contributed by atoms with van der Waals surface area (Å²) >= 11 is 4.66. The predicted octanol–water partition coefficient (Wildman–Crippen LogP) is 13.4. The number of carboxylic acids is 1. The van der Waals surface area contributed by atoms with Crippen molar-refractivity contribution in [3.05, 3.63) is 298 Å². The summed E-state index contributed by atoms with van der Waals surface area (Å²) in [6.07, 6.45) is -1.75. The summed E-state index contributed by atoms with van der Waals surface area (Å²) in [5.74, 6) is -5.13. The van der Waals surface area contributed by atoms with Crippen LogP contribution >= 0.6 is 46.2 Å². The maximum atomic E-state index is 15.3. The van der Waals surface area contributed by atoms with Crippen LogP contribution < -0.4 is 10.6 Å². The third-order valence-corrected chi connectivity index (χ3v) is 20.0. The number of aromatic nitrogens is 2. The number of amides is 2. The number of carboxylic acid groups (broad SMARTS) is 1. The van der Waals surface area contributed by atoms with Crippen molar-refractivity contribution in [1.29, 1.82) is 0 Å². The van der Waals surface area contributed by atoms with Gasteiger partial charge in [-0.3, -0.25) is 14.5 Å². The molecule has 1 saturated heterocycles. The minimum atomic E-state index is -1.83. The fraction of sp³-hybridized carbons (Fsp3) is 0.139. The highest BCUT2D eigenvalue weighted by Crippen LogP contribution is 2.46. The second-order valence-electron chi connectivity index (χ2n) is 22.0. The molecular formula is C72H58N6O11S4. The first kappa shape index (κ1) is 62.9. The Hall–Kier alpha value is -10.3. The Kier molecular flexibility index (Phi) is 18.7. The molecule has 2 aliphatic heterocycles. The summed E-state index contributed by atoms with van der Waals surface area (Å²) in [6.45, 7) is 2.94. The van der Waals surface area contributed by atoms with Crippen molar-refractivity contribution < 1.29 is 53.6 Å². The molecule has 0 spiro atoms. The number of aromatic carboxylic acids is 1. The molecule has 5 N–H and O–H groups in total. The SMILES string of the molecule is CC(C)(ON=C(C(=O)N[C@@H]1C(=O)N2C(C(=O)OC(c3ccccc3)c3ccccc3)=C(CSc3nc(C(=O)O)c(-c4ccc(O)c(O)c4)s3)CS[C@H]12)c1csc(NC(c2ccccc2)(c2ccccc2)c2ccccc2)n1)C(=O)OC(c1ccccc1)c1ccccc1. The maximum Gasteiger partial charge on any atom is 0.356 e. The van der Waals surface area contributed by atoms with E-state index >= 15 is 14.4 Å². The Bertz CT molecular complexity index is 4230. The molecule has 1 fully saturated rings. The number of nitrogens with zero attached hydrogens (tertiary/aromatic N) is 4. The fourth-order valence-electron chi connectivity index (χ4n) is 10.9. The van der Waals surface area contributed by atoms with Crippen LogP contribution in [0.1, 0.15) is 81.2 Å². The van der Waals surface area contributed by atoms with E-state index in [1.54, 1.807) is 5.38 Å². The number of benzene rings is 8. The number of phenolic OH excluding ortho intramolecular Hbond substituents is 2. The first-order chi connectivity index (χ1) is 45.2. The monoisotopic (exact) mass is 1310 g/mol. The lowest BCUT2D eigenvalue weighted by atomic mass is 9.77. The third kappa shape index (κ3) is 13.4. The molecule has 2 amide bonds. The van der Waals surface area contributed by atoms with Gasteiger partial charge >= 0.3 is 17.9 Å². The number of β-lactam (4-membered cyclic amide) rings is 1. The first-order valence-corrected chi connectivity index (χ1v) is 33.1. The number of thiazole rings is 2.